The first kappa shape index (κ1) is 18.0. The molecule has 0 fully saturated rings. The quantitative estimate of drug-likeness (QED) is 0.805. The van der Waals surface area contributed by atoms with Crippen molar-refractivity contribution in [3.05, 3.63) is 54.1 Å². The number of rotatable bonds is 7. The summed E-state index contributed by atoms with van der Waals surface area (Å²) < 4.78 is 31.6. The Morgan fingerprint density at radius 1 is 1.12 bits per heavy atom. The van der Waals surface area contributed by atoms with Crippen LogP contribution in [0.2, 0.25) is 0 Å². The van der Waals surface area contributed by atoms with Crippen LogP contribution in [0.15, 0.2) is 53.4 Å². The van der Waals surface area contributed by atoms with Gasteiger partial charge in [0, 0.05) is 17.8 Å². The molecule has 0 saturated heterocycles. The van der Waals surface area contributed by atoms with E-state index >= 15 is 0 Å². The summed E-state index contributed by atoms with van der Waals surface area (Å²) in [5, 5.41) is 2.72. The molecule has 7 heteroatoms. The highest BCUT2D eigenvalue weighted by Crippen LogP contribution is 2.17. The Balaban J connectivity index is 2.09. The number of sulfonamides is 1. The molecule has 0 radical (unpaired) electrons. The van der Waals surface area contributed by atoms with Gasteiger partial charge in [-0.1, -0.05) is 13.0 Å². The largest absolute Gasteiger partial charge is 0.497 e. The van der Waals surface area contributed by atoms with E-state index in [2.05, 4.69) is 10.0 Å². The zero-order valence-corrected chi connectivity index (χ0v) is 14.4. The van der Waals surface area contributed by atoms with Crippen LogP contribution in [0.5, 0.6) is 5.75 Å². The van der Waals surface area contributed by atoms with Crippen LogP contribution in [0.1, 0.15) is 23.7 Å². The maximum absolute atomic E-state index is 12.2. The van der Waals surface area contributed by atoms with E-state index in [1.165, 1.54) is 19.2 Å². The smallest absolute Gasteiger partial charge is 0.255 e. The molecule has 0 saturated carbocycles. The lowest BCUT2D eigenvalue weighted by molar-refractivity contribution is 0.102. The molecule has 2 N–H and O–H groups in total. The van der Waals surface area contributed by atoms with Crippen molar-refractivity contribution in [2.75, 3.05) is 19.0 Å². The van der Waals surface area contributed by atoms with Crippen molar-refractivity contribution < 1.29 is 17.9 Å². The molecule has 0 aromatic heterocycles. The van der Waals surface area contributed by atoms with Gasteiger partial charge in [-0.15, -0.1) is 0 Å². The SMILES string of the molecule is CCCNS(=O)(=O)c1ccc(NC(=O)c2cccc(OC)c2)cc1. The number of nitrogens with one attached hydrogen (secondary N) is 2. The third kappa shape index (κ3) is 4.56. The van der Waals surface area contributed by atoms with Gasteiger partial charge in [0.05, 0.1) is 12.0 Å². The number of hydrogen-bond acceptors (Lipinski definition) is 4. The molecule has 6 nitrogen and oxygen atoms in total. The van der Waals surface area contributed by atoms with Gasteiger partial charge >= 0.3 is 0 Å². The zero-order valence-electron chi connectivity index (χ0n) is 13.6. The average Bonchev–Trinajstić information content (AvgIpc) is 2.60. The Bertz CT molecular complexity index is 802. The molecule has 0 bridgehead atoms. The molecule has 0 atom stereocenters. The van der Waals surface area contributed by atoms with Crippen molar-refractivity contribution in [3.63, 3.8) is 0 Å². The standard InChI is InChI=1S/C17H20N2O4S/c1-3-11-18-24(21,22)16-9-7-14(8-10-16)19-17(20)13-5-4-6-15(12-13)23-2/h4-10,12,18H,3,11H2,1-2H3,(H,19,20). The number of benzene rings is 2. The fourth-order valence-electron chi connectivity index (χ4n) is 2.00. The molecular formula is C17H20N2O4S. The molecule has 2 aromatic rings. The van der Waals surface area contributed by atoms with Crippen LogP contribution < -0.4 is 14.8 Å². The van der Waals surface area contributed by atoms with Gasteiger partial charge in [0.1, 0.15) is 5.75 Å². The molecule has 0 aliphatic heterocycles. The normalized spacial score (nSPS) is 11.1. The fraction of sp³-hybridized carbons (Fsp3) is 0.235. The number of methoxy groups -OCH3 is 1. The second-order valence-corrected chi connectivity index (χ2v) is 6.88. The molecule has 0 unspecified atom stereocenters. The number of amides is 1. The Hall–Kier alpha value is -2.38. The van der Waals surface area contributed by atoms with Gasteiger partial charge < -0.3 is 10.1 Å². The maximum Gasteiger partial charge on any atom is 0.255 e. The van der Waals surface area contributed by atoms with Gasteiger partial charge in [0.25, 0.3) is 5.91 Å². The fourth-order valence-corrected chi connectivity index (χ4v) is 3.14. The highest BCUT2D eigenvalue weighted by molar-refractivity contribution is 7.89. The Labute approximate surface area is 141 Å². The van der Waals surface area contributed by atoms with E-state index in [-0.39, 0.29) is 10.8 Å². The van der Waals surface area contributed by atoms with Gasteiger partial charge in [-0.05, 0) is 48.9 Å². The van der Waals surface area contributed by atoms with Crippen LogP contribution in [-0.2, 0) is 10.0 Å². The maximum atomic E-state index is 12.2. The van der Waals surface area contributed by atoms with E-state index in [0.29, 0.717) is 30.0 Å². The second-order valence-electron chi connectivity index (χ2n) is 5.11. The van der Waals surface area contributed by atoms with Crippen LogP contribution in [0, 0.1) is 0 Å². The molecular weight excluding hydrogens is 328 g/mol. The molecule has 0 spiro atoms. The van der Waals surface area contributed by atoms with Crippen molar-refractivity contribution in [1.82, 2.24) is 4.72 Å². The lowest BCUT2D eigenvalue weighted by atomic mass is 10.2. The van der Waals surface area contributed by atoms with Gasteiger partial charge in [-0.25, -0.2) is 13.1 Å². The molecule has 0 heterocycles. The molecule has 2 aromatic carbocycles. The monoisotopic (exact) mass is 348 g/mol. The van der Waals surface area contributed by atoms with E-state index in [1.807, 2.05) is 6.92 Å². The summed E-state index contributed by atoms with van der Waals surface area (Å²) in [5.74, 6) is 0.291. The first-order valence-corrected chi connectivity index (χ1v) is 8.99. The summed E-state index contributed by atoms with van der Waals surface area (Å²) >= 11 is 0. The Kier molecular flexibility index (Phi) is 5.94. The van der Waals surface area contributed by atoms with Crippen molar-refractivity contribution in [3.8, 4) is 5.75 Å². The average molecular weight is 348 g/mol. The summed E-state index contributed by atoms with van der Waals surface area (Å²) in [6.07, 6.45) is 0.716. The van der Waals surface area contributed by atoms with E-state index in [1.54, 1.807) is 36.4 Å². The third-order valence-electron chi connectivity index (χ3n) is 3.30. The predicted molar refractivity (Wildman–Crippen MR) is 92.9 cm³/mol. The highest BCUT2D eigenvalue weighted by Gasteiger charge is 2.13. The van der Waals surface area contributed by atoms with Crippen molar-refractivity contribution in [2.24, 2.45) is 0 Å². The molecule has 128 valence electrons. The van der Waals surface area contributed by atoms with Crippen LogP contribution in [0.4, 0.5) is 5.69 Å². The Morgan fingerprint density at radius 2 is 1.83 bits per heavy atom. The highest BCUT2D eigenvalue weighted by atomic mass is 32.2. The topological polar surface area (TPSA) is 84.5 Å². The molecule has 1 amide bonds. The Morgan fingerprint density at radius 3 is 2.46 bits per heavy atom. The van der Waals surface area contributed by atoms with Gasteiger partial charge in [-0.3, -0.25) is 4.79 Å². The number of carbonyl (C=O) groups is 1. The molecule has 24 heavy (non-hydrogen) atoms. The second kappa shape index (κ2) is 7.94. The number of anilines is 1. The van der Waals surface area contributed by atoms with Crippen LogP contribution in [0.3, 0.4) is 0 Å². The zero-order chi connectivity index (χ0) is 17.6. The number of hydrogen-bond donors (Lipinski definition) is 2. The van der Waals surface area contributed by atoms with Crippen LogP contribution in [0.25, 0.3) is 0 Å². The number of ether oxygens (including phenoxy) is 1. The summed E-state index contributed by atoms with van der Waals surface area (Å²) in [6, 6.07) is 12.8. The minimum atomic E-state index is -3.51. The van der Waals surface area contributed by atoms with Crippen LogP contribution in [-0.4, -0.2) is 28.0 Å². The third-order valence-corrected chi connectivity index (χ3v) is 4.77. The van der Waals surface area contributed by atoms with E-state index in [9.17, 15) is 13.2 Å². The van der Waals surface area contributed by atoms with Crippen LogP contribution >= 0.6 is 0 Å². The van der Waals surface area contributed by atoms with Gasteiger partial charge in [0.2, 0.25) is 10.0 Å². The summed E-state index contributed by atoms with van der Waals surface area (Å²) in [7, 11) is -1.98. The molecule has 2 rings (SSSR count). The first-order valence-electron chi connectivity index (χ1n) is 7.51. The first-order chi connectivity index (χ1) is 11.5. The summed E-state index contributed by atoms with van der Waals surface area (Å²) in [5.41, 5.74) is 0.966. The van der Waals surface area contributed by atoms with Crippen molar-refractivity contribution >= 4 is 21.6 Å². The van der Waals surface area contributed by atoms with Gasteiger partial charge in [-0.2, -0.15) is 0 Å². The van der Waals surface area contributed by atoms with Crippen molar-refractivity contribution in [2.45, 2.75) is 18.2 Å². The molecule has 0 aliphatic carbocycles. The van der Waals surface area contributed by atoms with E-state index in [0.717, 1.165) is 0 Å². The van der Waals surface area contributed by atoms with Gasteiger partial charge in [0.15, 0.2) is 0 Å². The van der Waals surface area contributed by atoms with Crippen molar-refractivity contribution in [1.29, 1.82) is 0 Å². The van der Waals surface area contributed by atoms with E-state index < -0.39 is 10.0 Å². The summed E-state index contributed by atoms with van der Waals surface area (Å²) in [4.78, 5) is 12.4. The lowest BCUT2D eigenvalue weighted by Gasteiger charge is -2.09. The lowest BCUT2D eigenvalue weighted by Crippen LogP contribution is -2.24. The minimum absolute atomic E-state index is 0.162. The summed E-state index contributed by atoms with van der Waals surface area (Å²) in [6.45, 7) is 2.27. The van der Waals surface area contributed by atoms with E-state index in [4.69, 9.17) is 4.74 Å². The predicted octanol–water partition coefficient (Wildman–Crippen LogP) is 2.64. The molecule has 0 aliphatic rings. The minimum Gasteiger partial charge on any atom is -0.497 e. The number of carbonyl (C=O) groups excluding carboxylic acids is 1.